The average molecular weight is 924 g/mol. The third kappa shape index (κ3) is 18.6. The van der Waals surface area contributed by atoms with E-state index in [-0.39, 0.29) is 38.0 Å². The van der Waals surface area contributed by atoms with E-state index in [0.717, 1.165) is 0 Å². The van der Waals surface area contributed by atoms with Gasteiger partial charge in [-0.1, -0.05) is 98.9 Å². The van der Waals surface area contributed by atoms with Crippen molar-refractivity contribution in [3.05, 3.63) is 85.1 Å². The number of hydrogen-bond acceptors (Lipinski definition) is 17. The number of fused-ring (bicyclic) bond motifs is 2. The van der Waals surface area contributed by atoms with E-state index in [0.29, 0.717) is 0 Å². The number of allylic oxidation sites excluding steroid dienone is 12. The lowest BCUT2D eigenvalue weighted by molar-refractivity contribution is -0.310. The van der Waals surface area contributed by atoms with Gasteiger partial charge in [-0.25, -0.2) is 0 Å². The Morgan fingerprint density at radius 2 is 1.20 bits per heavy atom. The van der Waals surface area contributed by atoms with Crippen molar-refractivity contribution in [3.63, 3.8) is 0 Å². The van der Waals surface area contributed by atoms with E-state index in [9.17, 15) is 65.8 Å². The number of esters is 1. The van der Waals surface area contributed by atoms with Crippen LogP contribution in [0.1, 0.15) is 79.1 Å². The second-order valence-corrected chi connectivity index (χ2v) is 17.6. The molecule has 0 aromatic heterocycles. The second-order valence-electron chi connectivity index (χ2n) is 17.6. The minimum Gasteiger partial charge on any atom is -0.481 e. The van der Waals surface area contributed by atoms with Gasteiger partial charge in [-0.05, 0) is 39.5 Å². The molecule has 0 saturated carbocycles. The molecule has 0 spiro atoms. The number of nitrogens with two attached hydrogens (primary N) is 1. The first-order valence-corrected chi connectivity index (χ1v) is 22.3. The summed E-state index contributed by atoms with van der Waals surface area (Å²) in [6.45, 7) is 6.74. The van der Waals surface area contributed by atoms with Crippen LogP contribution in [0, 0.1) is 17.8 Å². The Kier molecular flexibility index (Phi) is 23.6. The van der Waals surface area contributed by atoms with Crippen LogP contribution < -0.4 is 5.73 Å². The zero-order valence-corrected chi connectivity index (χ0v) is 37.6. The summed E-state index contributed by atoms with van der Waals surface area (Å²) in [5, 5.41) is 118. The van der Waals surface area contributed by atoms with E-state index >= 15 is 0 Å². The third-order valence-electron chi connectivity index (χ3n) is 12.0. The first-order valence-electron chi connectivity index (χ1n) is 22.3. The molecule has 2 fully saturated rings. The summed E-state index contributed by atoms with van der Waals surface area (Å²) < 4.78 is 23.1. The number of hydrogen-bond donors (Lipinski definition) is 12. The van der Waals surface area contributed by atoms with Crippen molar-refractivity contribution in [2.75, 3.05) is 0 Å². The average Bonchev–Trinajstić information content (AvgIpc) is 3.21. The van der Waals surface area contributed by atoms with Crippen molar-refractivity contribution in [3.8, 4) is 0 Å². The quantitative estimate of drug-likeness (QED) is 0.174. The maximum atomic E-state index is 12.6. The number of carbonyl (C=O) groups excluding carboxylic acids is 1. The molecule has 0 radical (unpaired) electrons. The van der Waals surface area contributed by atoms with Gasteiger partial charge in [-0.2, -0.15) is 0 Å². The van der Waals surface area contributed by atoms with Crippen LogP contribution in [0.25, 0.3) is 0 Å². The predicted octanol–water partition coefficient (Wildman–Crippen LogP) is 0.712. The van der Waals surface area contributed by atoms with Crippen molar-refractivity contribution >= 4 is 11.9 Å². The van der Waals surface area contributed by atoms with E-state index in [1.807, 2.05) is 13.0 Å². The second kappa shape index (κ2) is 27.4. The summed E-state index contributed by atoms with van der Waals surface area (Å²) in [6.07, 6.45) is 3.49. The summed E-state index contributed by atoms with van der Waals surface area (Å²) in [7, 11) is 0. The maximum absolute atomic E-state index is 12.6. The standard InChI is InChI=1S/C47H73NO17/c1-27-17-15-13-11-9-7-5-6-8-10-12-14-16-18-34(64-46-44(58)41(48)43(57)30(4)63-46)24-38-40(45(59)60)37(54)26-47(61,65-38)25-36(53)35(52)20-19-31(49)21-32(50)22-33(51)23-39(55)62-29(3)28(2)42(27)56/h5-18,27-38,40-44,46,49-54,56-58,61H,19-26,48H2,1-4H3,(H,59,60)/t27-,28-,29-,30?,31+,32+,33+,34-,35+,36+,37-,38-,40+,41?,42+,43+,44+,46-,47+/m0/s1. The molecule has 0 aliphatic carbocycles. The van der Waals surface area contributed by atoms with Crippen molar-refractivity contribution in [2.24, 2.45) is 23.5 Å². The molecule has 2 unspecified atom stereocenters. The molecule has 19 atom stereocenters. The van der Waals surface area contributed by atoms with Gasteiger partial charge in [0.1, 0.15) is 18.1 Å². The van der Waals surface area contributed by atoms with Crippen LogP contribution in [-0.4, -0.2) is 166 Å². The molecule has 2 saturated heterocycles. The van der Waals surface area contributed by atoms with Gasteiger partial charge in [0.2, 0.25) is 0 Å². The van der Waals surface area contributed by atoms with Gasteiger partial charge in [0, 0.05) is 31.1 Å². The smallest absolute Gasteiger partial charge is 0.311 e. The molecule has 0 amide bonds. The molecule has 18 nitrogen and oxygen atoms in total. The van der Waals surface area contributed by atoms with Gasteiger partial charge in [0.15, 0.2) is 12.1 Å². The predicted molar refractivity (Wildman–Crippen MR) is 237 cm³/mol. The number of rotatable bonds is 3. The molecule has 0 aromatic carbocycles. The number of aliphatic hydroxyl groups excluding tert-OH is 9. The van der Waals surface area contributed by atoms with Crippen molar-refractivity contribution in [1.29, 1.82) is 0 Å². The summed E-state index contributed by atoms with van der Waals surface area (Å²) in [4.78, 5) is 25.1. The summed E-state index contributed by atoms with van der Waals surface area (Å²) in [5.41, 5.74) is 6.02. The van der Waals surface area contributed by atoms with Crippen LogP contribution in [0.2, 0.25) is 0 Å². The van der Waals surface area contributed by atoms with Gasteiger partial charge in [-0.15, -0.1) is 0 Å². The largest absolute Gasteiger partial charge is 0.481 e. The van der Waals surface area contributed by atoms with Crippen molar-refractivity contribution in [1.82, 2.24) is 0 Å². The highest BCUT2D eigenvalue weighted by molar-refractivity contribution is 5.71. The summed E-state index contributed by atoms with van der Waals surface area (Å²) in [6, 6.07) is -1.15. The minimum atomic E-state index is -2.36. The maximum Gasteiger partial charge on any atom is 0.311 e. The number of carbonyl (C=O) groups is 2. The Morgan fingerprint density at radius 3 is 1.78 bits per heavy atom. The molecule has 3 rings (SSSR count). The van der Waals surface area contributed by atoms with E-state index < -0.39 is 141 Å². The first-order chi connectivity index (χ1) is 30.6. The normalized spacial score (nSPS) is 42.0. The van der Waals surface area contributed by atoms with Crippen LogP contribution in [0.5, 0.6) is 0 Å². The van der Waals surface area contributed by atoms with Gasteiger partial charge in [-0.3, -0.25) is 9.59 Å². The lowest BCUT2D eigenvalue weighted by Gasteiger charge is -2.45. The molecule has 3 aliphatic rings. The fraction of sp³-hybridized carbons (Fsp3) is 0.660. The number of carboxylic acid groups (broad SMARTS) is 1. The molecule has 13 N–H and O–H groups in total. The van der Waals surface area contributed by atoms with Crippen LogP contribution in [0.4, 0.5) is 0 Å². The lowest BCUT2D eigenvalue weighted by atomic mass is 9.82. The van der Waals surface area contributed by atoms with Crippen molar-refractivity contribution < 1.29 is 84.7 Å². The monoisotopic (exact) mass is 923 g/mol. The Bertz CT molecular complexity index is 1670. The Balaban J connectivity index is 1.86. The highest BCUT2D eigenvalue weighted by atomic mass is 16.7. The van der Waals surface area contributed by atoms with Gasteiger partial charge < -0.3 is 80.9 Å². The van der Waals surface area contributed by atoms with Gasteiger partial charge >= 0.3 is 11.9 Å². The zero-order valence-electron chi connectivity index (χ0n) is 37.6. The molecular weight excluding hydrogens is 851 g/mol. The van der Waals surface area contributed by atoms with E-state index in [1.165, 1.54) is 13.0 Å². The highest BCUT2D eigenvalue weighted by Gasteiger charge is 2.51. The van der Waals surface area contributed by atoms with Gasteiger partial charge in [0.25, 0.3) is 0 Å². The van der Waals surface area contributed by atoms with Crippen LogP contribution in [0.3, 0.4) is 0 Å². The molecule has 65 heavy (non-hydrogen) atoms. The number of ether oxygens (including phenoxy) is 4. The zero-order chi connectivity index (χ0) is 48.4. The third-order valence-corrected chi connectivity index (χ3v) is 12.0. The Hall–Kier alpha value is -3.44. The topological polar surface area (TPSA) is 320 Å². The highest BCUT2D eigenvalue weighted by Crippen LogP contribution is 2.38. The van der Waals surface area contributed by atoms with E-state index in [4.69, 9.17) is 24.7 Å². The number of carboxylic acids is 1. The SMILES string of the molecule is CC1O[C@@H](O[C@H]2C=CC=CC=CC=CC=CC=CC=C[C@H](C)[C@@H](O)[C@@H](C)[C@H](C)OC(=O)C[C@H](O)C[C@H](O)C[C@H](O)CC[C@@H](O)[C@H](O)C[C@]3(O)C[C@H](O)[C@@H](C(=O)O)[C@H](C2)O3)[C@H](O)C(N)[C@@H]1O. The fourth-order valence-electron chi connectivity index (χ4n) is 7.96. The number of cyclic esters (lactones) is 1. The Labute approximate surface area is 381 Å². The van der Waals surface area contributed by atoms with Gasteiger partial charge in [0.05, 0.1) is 79.6 Å². The lowest BCUT2D eigenvalue weighted by Crippen LogP contribution is -2.61. The molecule has 0 aromatic rings. The van der Waals surface area contributed by atoms with Crippen LogP contribution in [-0.2, 0) is 28.5 Å². The molecule has 2 bridgehead atoms. The molecular formula is C47H73NO17. The fourth-order valence-corrected chi connectivity index (χ4v) is 7.96. The number of aliphatic hydroxyl groups is 10. The molecule has 3 heterocycles. The number of aliphatic carboxylic acids is 1. The minimum absolute atomic E-state index is 0.140. The first kappa shape index (κ1) is 55.9. The summed E-state index contributed by atoms with van der Waals surface area (Å²) in [5.74, 6) is -6.88. The molecule has 3 aliphatic heterocycles. The Morgan fingerprint density at radius 1 is 0.662 bits per heavy atom. The summed E-state index contributed by atoms with van der Waals surface area (Å²) >= 11 is 0. The molecule has 18 heteroatoms. The molecule has 368 valence electrons. The van der Waals surface area contributed by atoms with E-state index in [1.54, 1.807) is 86.8 Å². The van der Waals surface area contributed by atoms with E-state index in [2.05, 4.69) is 0 Å². The van der Waals surface area contributed by atoms with Crippen molar-refractivity contribution in [2.45, 2.75) is 177 Å². The van der Waals surface area contributed by atoms with Crippen LogP contribution in [0.15, 0.2) is 85.1 Å². The van der Waals surface area contributed by atoms with Crippen LogP contribution >= 0.6 is 0 Å².